The van der Waals surface area contributed by atoms with E-state index in [0.29, 0.717) is 22.0 Å². The number of nitrogens with one attached hydrogen (secondary N) is 1. The molecule has 4 N–H and O–H groups in total. The molecular formula is C11H15ClN2O3. The molecule has 1 aromatic carbocycles. The average Bonchev–Trinajstić information content (AvgIpc) is 2.28. The molecule has 1 unspecified atom stereocenters. The number of benzene rings is 1. The highest BCUT2D eigenvalue weighted by atomic mass is 35.5. The topological polar surface area (TPSA) is 84.6 Å². The van der Waals surface area contributed by atoms with Gasteiger partial charge in [-0.05, 0) is 12.1 Å². The SMILES string of the molecule is COc1ccc(Cl)c(C(O)CN)c1NC(C)=O. The van der Waals surface area contributed by atoms with Crippen molar-refractivity contribution >= 4 is 23.2 Å². The molecule has 0 spiro atoms. The van der Waals surface area contributed by atoms with Crippen molar-refractivity contribution in [2.45, 2.75) is 13.0 Å². The van der Waals surface area contributed by atoms with E-state index in [1.54, 1.807) is 12.1 Å². The number of halogens is 1. The van der Waals surface area contributed by atoms with Gasteiger partial charge >= 0.3 is 0 Å². The van der Waals surface area contributed by atoms with Crippen LogP contribution in [0.15, 0.2) is 12.1 Å². The Kier molecular flexibility index (Phi) is 4.74. The van der Waals surface area contributed by atoms with Gasteiger partial charge in [-0.2, -0.15) is 0 Å². The van der Waals surface area contributed by atoms with Crippen LogP contribution in [0, 0.1) is 0 Å². The van der Waals surface area contributed by atoms with Crippen molar-refractivity contribution in [1.29, 1.82) is 0 Å². The van der Waals surface area contributed by atoms with E-state index < -0.39 is 6.10 Å². The normalized spacial score (nSPS) is 12.1. The Labute approximate surface area is 105 Å². The monoisotopic (exact) mass is 258 g/mol. The van der Waals surface area contributed by atoms with E-state index in [9.17, 15) is 9.90 Å². The van der Waals surface area contributed by atoms with Gasteiger partial charge in [-0.25, -0.2) is 0 Å². The van der Waals surface area contributed by atoms with Gasteiger partial charge in [0, 0.05) is 24.1 Å². The summed E-state index contributed by atoms with van der Waals surface area (Å²) in [5.74, 6) is 0.142. The molecule has 0 aromatic heterocycles. The molecule has 0 saturated carbocycles. The zero-order valence-electron chi connectivity index (χ0n) is 9.66. The molecule has 1 rings (SSSR count). The van der Waals surface area contributed by atoms with Crippen LogP contribution in [0.3, 0.4) is 0 Å². The second-order valence-electron chi connectivity index (χ2n) is 3.47. The van der Waals surface area contributed by atoms with Crippen molar-refractivity contribution in [3.8, 4) is 5.75 Å². The molecule has 6 heteroatoms. The number of carbonyl (C=O) groups excluding carboxylic acids is 1. The molecule has 17 heavy (non-hydrogen) atoms. The highest BCUT2D eigenvalue weighted by molar-refractivity contribution is 6.32. The Hall–Kier alpha value is -1.30. The minimum absolute atomic E-state index is 0.000523. The van der Waals surface area contributed by atoms with Crippen molar-refractivity contribution in [1.82, 2.24) is 0 Å². The molecule has 0 bridgehead atoms. The Bertz CT molecular complexity index is 423. The van der Waals surface area contributed by atoms with Crippen LogP contribution in [-0.4, -0.2) is 24.7 Å². The third-order valence-corrected chi connectivity index (χ3v) is 2.56. The number of rotatable bonds is 4. The summed E-state index contributed by atoms with van der Waals surface area (Å²) in [5, 5.41) is 12.7. The Morgan fingerprint density at radius 3 is 2.76 bits per heavy atom. The number of hydrogen-bond donors (Lipinski definition) is 3. The zero-order chi connectivity index (χ0) is 13.0. The fourth-order valence-corrected chi connectivity index (χ4v) is 1.78. The van der Waals surface area contributed by atoms with Crippen LogP contribution in [0.25, 0.3) is 0 Å². The minimum atomic E-state index is -0.959. The number of hydrogen-bond acceptors (Lipinski definition) is 4. The number of aliphatic hydroxyl groups excluding tert-OH is 1. The van der Waals surface area contributed by atoms with Crippen LogP contribution in [0.1, 0.15) is 18.6 Å². The molecule has 0 aliphatic rings. The van der Waals surface area contributed by atoms with E-state index in [2.05, 4.69) is 5.32 Å². The lowest BCUT2D eigenvalue weighted by molar-refractivity contribution is -0.114. The van der Waals surface area contributed by atoms with Crippen molar-refractivity contribution in [3.63, 3.8) is 0 Å². The van der Waals surface area contributed by atoms with Crippen molar-refractivity contribution in [2.24, 2.45) is 5.73 Å². The molecule has 0 aliphatic carbocycles. The third-order valence-electron chi connectivity index (χ3n) is 2.23. The summed E-state index contributed by atoms with van der Waals surface area (Å²) < 4.78 is 5.11. The predicted octanol–water partition coefficient (Wildman–Crippen LogP) is 1.30. The van der Waals surface area contributed by atoms with E-state index in [0.717, 1.165) is 0 Å². The summed E-state index contributed by atoms with van der Waals surface area (Å²) in [4.78, 5) is 11.1. The zero-order valence-corrected chi connectivity index (χ0v) is 10.4. The van der Waals surface area contributed by atoms with Crippen LogP contribution >= 0.6 is 11.6 Å². The Balaban J connectivity index is 3.36. The molecule has 0 radical (unpaired) electrons. The van der Waals surface area contributed by atoms with Gasteiger partial charge in [0.1, 0.15) is 5.75 Å². The van der Waals surface area contributed by atoms with Crippen LogP contribution in [0.5, 0.6) is 5.75 Å². The molecular weight excluding hydrogens is 244 g/mol. The number of methoxy groups -OCH3 is 1. The van der Waals surface area contributed by atoms with Gasteiger partial charge < -0.3 is 20.9 Å². The van der Waals surface area contributed by atoms with E-state index in [1.807, 2.05) is 0 Å². The molecule has 1 aromatic rings. The maximum absolute atomic E-state index is 11.1. The molecule has 0 fully saturated rings. The van der Waals surface area contributed by atoms with Gasteiger partial charge in [0.15, 0.2) is 0 Å². The van der Waals surface area contributed by atoms with Gasteiger partial charge in [-0.1, -0.05) is 11.6 Å². The average molecular weight is 259 g/mol. The molecule has 1 amide bonds. The van der Waals surface area contributed by atoms with Crippen LogP contribution in [0.2, 0.25) is 5.02 Å². The largest absolute Gasteiger partial charge is 0.495 e. The lowest BCUT2D eigenvalue weighted by Gasteiger charge is -2.18. The van der Waals surface area contributed by atoms with Crippen molar-refractivity contribution < 1.29 is 14.6 Å². The maximum Gasteiger partial charge on any atom is 0.221 e. The Morgan fingerprint density at radius 1 is 1.65 bits per heavy atom. The first-order valence-electron chi connectivity index (χ1n) is 5.03. The predicted molar refractivity (Wildman–Crippen MR) is 66.3 cm³/mol. The number of amides is 1. The quantitative estimate of drug-likeness (QED) is 0.760. The summed E-state index contributed by atoms with van der Waals surface area (Å²) in [5.41, 5.74) is 6.12. The minimum Gasteiger partial charge on any atom is -0.495 e. The van der Waals surface area contributed by atoms with Gasteiger partial charge in [-0.15, -0.1) is 0 Å². The summed E-state index contributed by atoms with van der Waals surface area (Å²) >= 11 is 5.99. The molecule has 1 atom stereocenters. The first-order chi connectivity index (χ1) is 8.01. The van der Waals surface area contributed by atoms with Gasteiger partial charge in [-0.3, -0.25) is 4.79 Å². The first-order valence-corrected chi connectivity index (χ1v) is 5.41. The van der Waals surface area contributed by atoms with Gasteiger partial charge in [0.05, 0.1) is 18.9 Å². The lowest BCUT2D eigenvalue weighted by atomic mass is 10.1. The molecule has 0 heterocycles. The fraction of sp³-hybridized carbons (Fsp3) is 0.364. The number of ether oxygens (including phenoxy) is 1. The van der Waals surface area contributed by atoms with E-state index in [-0.39, 0.29) is 12.5 Å². The Morgan fingerprint density at radius 2 is 2.29 bits per heavy atom. The lowest BCUT2D eigenvalue weighted by Crippen LogP contribution is -2.17. The summed E-state index contributed by atoms with van der Waals surface area (Å²) in [6.45, 7) is 1.36. The number of nitrogens with two attached hydrogens (primary N) is 1. The summed E-state index contributed by atoms with van der Waals surface area (Å²) in [6, 6.07) is 3.19. The molecule has 0 saturated heterocycles. The fourth-order valence-electron chi connectivity index (χ4n) is 1.49. The van der Waals surface area contributed by atoms with Crippen molar-refractivity contribution in [3.05, 3.63) is 22.7 Å². The summed E-state index contributed by atoms with van der Waals surface area (Å²) in [6.07, 6.45) is -0.959. The number of aliphatic hydroxyl groups is 1. The first kappa shape index (κ1) is 13.8. The smallest absolute Gasteiger partial charge is 0.221 e. The summed E-state index contributed by atoms with van der Waals surface area (Å²) in [7, 11) is 1.47. The highest BCUT2D eigenvalue weighted by Gasteiger charge is 2.19. The second kappa shape index (κ2) is 5.86. The van der Waals surface area contributed by atoms with Crippen LogP contribution in [-0.2, 0) is 4.79 Å². The molecule has 5 nitrogen and oxygen atoms in total. The standard InChI is InChI=1S/C11H15ClN2O3/c1-6(15)14-11-9(17-2)4-3-7(12)10(11)8(16)5-13/h3-4,8,16H,5,13H2,1-2H3,(H,14,15). The van der Waals surface area contributed by atoms with E-state index >= 15 is 0 Å². The number of carbonyl (C=O) groups is 1. The van der Waals surface area contributed by atoms with Crippen molar-refractivity contribution in [2.75, 3.05) is 19.0 Å². The van der Waals surface area contributed by atoms with E-state index in [1.165, 1.54) is 14.0 Å². The number of anilines is 1. The highest BCUT2D eigenvalue weighted by Crippen LogP contribution is 2.37. The van der Waals surface area contributed by atoms with Crippen LogP contribution < -0.4 is 15.8 Å². The maximum atomic E-state index is 11.1. The van der Waals surface area contributed by atoms with E-state index in [4.69, 9.17) is 22.1 Å². The van der Waals surface area contributed by atoms with Gasteiger partial charge in [0.25, 0.3) is 0 Å². The van der Waals surface area contributed by atoms with Gasteiger partial charge in [0.2, 0.25) is 5.91 Å². The molecule has 0 aliphatic heterocycles. The second-order valence-corrected chi connectivity index (χ2v) is 3.88. The molecule has 94 valence electrons. The third kappa shape index (κ3) is 3.09. The van der Waals surface area contributed by atoms with Crippen LogP contribution in [0.4, 0.5) is 5.69 Å².